The quantitative estimate of drug-likeness (QED) is 0.388. The number of rotatable bonds is 8. The van der Waals surface area contributed by atoms with Gasteiger partial charge in [-0.3, -0.25) is 4.79 Å². The van der Waals surface area contributed by atoms with Crippen LogP contribution in [0.1, 0.15) is 52.4 Å². The third-order valence-electron chi connectivity index (χ3n) is 6.97. The average molecular weight is 431 g/mol. The Bertz CT molecular complexity index is 545. The smallest absolute Gasteiger partial charge is 0.237 e. The highest BCUT2D eigenvalue weighted by molar-refractivity contribution is 7.99. The highest BCUT2D eigenvalue weighted by atomic mass is 32.2. The van der Waals surface area contributed by atoms with Crippen molar-refractivity contribution in [2.45, 2.75) is 94.3 Å². The zero-order valence-corrected chi connectivity index (χ0v) is 18.6. The van der Waals surface area contributed by atoms with Crippen molar-refractivity contribution in [1.29, 1.82) is 0 Å². The topological polar surface area (TPSA) is 111 Å². The van der Waals surface area contributed by atoms with Crippen LogP contribution in [-0.2, 0) is 9.53 Å². The van der Waals surface area contributed by atoms with Crippen molar-refractivity contribution >= 4 is 17.7 Å². The van der Waals surface area contributed by atoms with Crippen LogP contribution < -0.4 is 10.6 Å². The van der Waals surface area contributed by atoms with Gasteiger partial charge < -0.3 is 30.7 Å². The molecule has 8 heteroatoms. The van der Waals surface area contributed by atoms with Crippen LogP contribution in [0.2, 0.25) is 0 Å². The summed E-state index contributed by atoms with van der Waals surface area (Å²) < 4.78 is 5.89. The Morgan fingerprint density at radius 3 is 2.41 bits per heavy atom. The van der Waals surface area contributed by atoms with E-state index in [1.54, 1.807) is 6.26 Å². The van der Waals surface area contributed by atoms with Gasteiger partial charge in [0, 0.05) is 0 Å². The SMILES string of the molecule is CSC1OC(C(NC(=O)C2CC(CCC3CCC3)CN2)C(C)C)C(O)C(O)C1O. The highest BCUT2D eigenvalue weighted by Gasteiger charge is 2.47. The molecule has 0 aromatic carbocycles. The van der Waals surface area contributed by atoms with Gasteiger partial charge in [0.2, 0.25) is 5.91 Å². The Morgan fingerprint density at radius 1 is 1.14 bits per heavy atom. The third kappa shape index (κ3) is 5.46. The fourth-order valence-electron chi connectivity index (χ4n) is 4.74. The number of aliphatic hydroxyl groups is 3. The summed E-state index contributed by atoms with van der Waals surface area (Å²) in [6, 6.07) is -0.680. The first-order chi connectivity index (χ1) is 13.8. The van der Waals surface area contributed by atoms with Crippen LogP contribution in [0.3, 0.4) is 0 Å². The molecule has 0 aromatic heterocycles. The van der Waals surface area contributed by atoms with E-state index in [0.717, 1.165) is 18.9 Å². The molecule has 7 nitrogen and oxygen atoms in total. The lowest BCUT2D eigenvalue weighted by Gasteiger charge is -2.44. The largest absolute Gasteiger partial charge is 0.388 e. The molecule has 0 radical (unpaired) electrons. The molecule has 2 heterocycles. The Hall–Kier alpha value is -0.380. The van der Waals surface area contributed by atoms with E-state index < -0.39 is 35.9 Å². The van der Waals surface area contributed by atoms with Crippen LogP contribution in [0.15, 0.2) is 0 Å². The number of carbonyl (C=O) groups is 1. The number of nitrogens with one attached hydrogen (secondary N) is 2. The van der Waals surface area contributed by atoms with Crippen molar-refractivity contribution in [2.75, 3.05) is 12.8 Å². The molecule has 3 rings (SSSR count). The van der Waals surface area contributed by atoms with Crippen LogP contribution in [0.25, 0.3) is 0 Å². The van der Waals surface area contributed by atoms with Gasteiger partial charge in [-0.05, 0) is 43.4 Å². The molecule has 0 bridgehead atoms. The minimum Gasteiger partial charge on any atom is -0.388 e. The van der Waals surface area contributed by atoms with Crippen molar-refractivity contribution in [3.8, 4) is 0 Å². The average Bonchev–Trinajstić information content (AvgIpc) is 3.12. The maximum Gasteiger partial charge on any atom is 0.237 e. The van der Waals surface area contributed by atoms with E-state index in [1.165, 1.54) is 43.9 Å². The molecule has 8 unspecified atom stereocenters. The maximum absolute atomic E-state index is 12.9. The number of aliphatic hydroxyl groups excluding tert-OH is 3. The Balaban J connectivity index is 1.56. The van der Waals surface area contributed by atoms with Gasteiger partial charge in [0.15, 0.2) is 0 Å². The first kappa shape index (κ1) is 23.3. The van der Waals surface area contributed by atoms with Gasteiger partial charge in [0.05, 0.1) is 12.1 Å². The van der Waals surface area contributed by atoms with E-state index >= 15 is 0 Å². The predicted molar refractivity (Wildman–Crippen MR) is 113 cm³/mol. The maximum atomic E-state index is 12.9. The van der Waals surface area contributed by atoms with Crippen LogP contribution >= 0.6 is 11.8 Å². The summed E-state index contributed by atoms with van der Waals surface area (Å²) in [7, 11) is 0. The van der Waals surface area contributed by atoms with Crippen LogP contribution in [0.4, 0.5) is 0 Å². The minimum atomic E-state index is -1.30. The van der Waals surface area contributed by atoms with Gasteiger partial charge in [-0.2, -0.15) is 0 Å². The van der Waals surface area contributed by atoms with Gasteiger partial charge in [0.1, 0.15) is 29.9 Å². The van der Waals surface area contributed by atoms with Gasteiger partial charge >= 0.3 is 0 Å². The summed E-state index contributed by atoms with van der Waals surface area (Å²) in [5, 5.41) is 37.2. The number of hydrogen-bond donors (Lipinski definition) is 5. The summed E-state index contributed by atoms with van der Waals surface area (Å²) in [6.07, 6.45) is 4.68. The molecule has 29 heavy (non-hydrogen) atoms. The van der Waals surface area contributed by atoms with Crippen LogP contribution in [0, 0.1) is 17.8 Å². The number of carbonyl (C=O) groups excluding carboxylic acids is 1. The molecule has 8 atom stereocenters. The number of ether oxygens (including phenoxy) is 1. The molecule has 0 aromatic rings. The van der Waals surface area contributed by atoms with E-state index in [-0.39, 0.29) is 17.9 Å². The second-order valence-electron chi connectivity index (χ2n) is 9.39. The summed E-state index contributed by atoms with van der Waals surface area (Å²) in [5.74, 6) is 1.36. The molecule has 1 aliphatic carbocycles. The zero-order chi connectivity index (χ0) is 21.1. The van der Waals surface area contributed by atoms with Crippen molar-refractivity contribution in [3.63, 3.8) is 0 Å². The Kier molecular flexibility index (Phi) is 8.26. The second-order valence-corrected chi connectivity index (χ2v) is 10.3. The Morgan fingerprint density at radius 2 is 1.83 bits per heavy atom. The molecule has 3 aliphatic rings. The van der Waals surface area contributed by atoms with E-state index in [2.05, 4.69) is 10.6 Å². The van der Waals surface area contributed by atoms with Gasteiger partial charge in [0.25, 0.3) is 0 Å². The first-order valence-electron chi connectivity index (χ1n) is 11.1. The molecule has 2 aliphatic heterocycles. The van der Waals surface area contributed by atoms with E-state index in [4.69, 9.17) is 4.74 Å². The summed E-state index contributed by atoms with van der Waals surface area (Å²) in [6.45, 7) is 4.78. The summed E-state index contributed by atoms with van der Waals surface area (Å²) in [4.78, 5) is 12.9. The van der Waals surface area contributed by atoms with Gasteiger partial charge in [-0.1, -0.05) is 39.5 Å². The van der Waals surface area contributed by atoms with E-state index in [1.807, 2.05) is 13.8 Å². The first-order valence-corrected chi connectivity index (χ1v) is 12.4. The molecule has 3 fully saturated rings. The standard InChI is InChI=1S/C21H38N2O5S/c1-11(2)15(19-17(25)16(24)18(26)21(28-19)29-3)23-20(27)14-9-13(10-22-14)8-7-12-5-4-6-12/h11-19,21-22,24-26H,4-10H2,1-3H3,(H,23,27). The number of thioether (sulfide) groups is 1. The van der Waals surface area contributed by atoms with Crippen molar-refractivity contribution < 1.29 is 24.9 Å². The van der Waals surface area contributed by atoms with Crippen molar-refractivity contribution in [1.82, 2.24) is 10.6 Å². The molecule has 0 spiro atoms. The van der Waals surface area contributed by atoms with E-state index in [9.17, 15) is 20.1 Å². The summed E-state index contributed by atoms with van der Waals surface area (Å²) in [5.41, 5.74) is -0.642. The predicted octanol–water partition coefficient (Wildman–Crippen LogP) is 0.856. The van der Waals surface area contributed by atoms with Gasteiger partial charge in [-0.25, -0.2) is 0 Å². The molecule has 2 saturated heterocycles. The zero-order valence-electron chi connectivity index (χ0n) is 17.8. The fourth-order valence-corrected chi connectivity index (χ4v) is 5.42. The lowest BCUT2D eigenvalue weighted by Crippen LogP contribution is -2.64. The number of amides is 1. The lowest BCUT2D eigenvalue weighted by atomic mass is 9.80. The summed E-state index contributed by atoms with van der Waals surface area (Å²) >= 11 is 1.28. The highest BCUT2D eigenvalue weighted by Crippen LogP contribution is 2.33. The molecule has 1 saturated carbocycles. The molecule has 168 valence electrons. The van der Waals surface area contributed by atoms with Crippen LogP contribution in [0.5, 0.6) is 0 Å². The molecular weight excluding hydrogens is 392 g/mol. The fraction of sp³-hybridized carbons (Fsp3) is 0.952. The van der Waals surface area contributed by atoms with E-state index in [0.29, 0.717) is 5.92 Å². The Labute approximate surface area is 178 Å². The molecular formula is C21H38N2O5S. The lowest BCUT2D eigenvalue weighted by molar-refractivity contribution is -0.208. The van der Waals surface area contributed by atoms with Gasteiger partial charge in [-0.15, -0.1) is 11.8 Å². The third-order valence-corrected chi connectivity index (χ3v) is 7.82. The van der Waals surface area contributed by atoms with Crippen molar-refractivity contribution in [3.05, 3.63) is 0 Å². The normalized spacial score (nSPS) is 39.3. The second kappa shape index (κ2) is 10.3. The minimum absolute atomic E-state index is 0.000587. The number of hydrogen-bond acceptors (Lipinski definition) is 7. The van der Waals surface area contributed by atoms with Crippen LogP contribution in [-0.4, -0.2) is 76.0 Å². The van der Waals surface area contributed by atoms with Crippen molar-refractivity contribution in [2.24, 2.45) is 17.8 Å². The molecule has 1 amide bonds. The molecule has 5 N–H and O–H groups in total. The monoisotopic (exact) mass is 430 g/mol.